The number of phenolic OH excluding ortho intramolecular Hbond substituents is 1. The highest BCUT2D eigenvalue weighted by atomic mass is 19.4. The van der Waals surface area contributed by atoms with E-state index >= 15 is 0 Å². The number of hydrogen-bond acceptors (Lipinski definition) is 3. The van der Waals surface area contributed by atoms with Crippen LogP contribution in [-0.4, -0.2) is 34.1 Å². The fourth-order valence-electron chi connectivity index (χ4n) is 2.83. The van der Waals surface area contributed by atoms with Gasteiger partial charge in [-0.3, -0.25) is 0 Å². The molecule has 2 rings (SSSR count). The molecule has 128 valence electrons. The molecule has 0 amide bonds. The Hall–Kier alpha value is -1.90. The highest BCUT2D eigenvalue weighted by molar-refractivity contribution is 5.75. The summed E-state index contributed by atoms with van der Waals surface area (Å²) in [5.41, 5.74) is -3.25. The van der Waals surface area contributed by atoms with E-state index in [1.165, 1.54) is 0 Å². The molecular weight excluding hydrogens is 327 g/mol. The molecule has 4 nitrogen and oxygen atoms in total. The molecule has 1 aromatic rings. The summed E-state index contributed by atoms with van der Waals surface area (Å²) in [5, 5.41) is 18.8. The van der Waals surface area contributed by atoms with Crippen LogP contribution in [-0.2, 0) is 9.53 Å². The van der Waals surface area contributed by atoms with Crippen molar-refractivity contribution < 1.29 is 41.7 Å². The molecule has 0 aromatic heterocycles. The lowest BCUT2D eigenvalue weighted by molar-refractivity contribution is -0.273. The van der Waals surface area contributed by atoms with Crippen molar-refractivity contribution >= 4 is 5.97 Å². The second kappa shape index (κ2) is 5.33. The van der Waals surface area contributed by atoms with Crippen molar-refractivity contribution in [2.24, 2.45) is 5.92 Å². The maximum Gasteiger partial charge on any atom is 0.417 e. The van der Waals surface area contributed by atoms with Crippen molar-refractivity contribution in [2.45, 2.75) is 37.6 Å². The van der Waals surface area contributed by atoms with Crippen LogP contribution < -0.4 is 0 Å². The van der Waals surface area contributed by atoms with Crippen LogP contribution >= 0.6 is 0 Å². The summed E-state index contributed by atoms with van der Waals surface area (Å²) in [5.74, 6) is -8.93. The molecule has 1 saturated heterocycles. The number of aliphatic carboxylic acids is 1. The van der Waals surface area contributed by atoms with Gasteiger partial charge in [-0.25, -0.2) is 9.18 Å². The fourth-order valence-corrected chi connectivity index (χ4v) is 2.83. The number of rotatable bonds is 2. The molecule has 9 heteroatoms. The number of carbonyl (C=O) groups is 1. The van der Waals surface area contributed by atoms with Crippen LogP contribution in [0.5, 0.6) is 5.75 Å². The Balaban J connectivity index is 2.60. The molecule has 23 heavy (non-hydrogen) atoms. The van der Waals surface area contributed by atoms with Gasteiger partial charge in [0.05, 0.1) is 0 Å². The van der Waals surface area contributed by atoms with Crippen LogP contribution in [0.15, 0.2) is 12.1 Å². The topological polar surface area (TPSA) is 66.8 Å². The lowest BCUT2D eigenvalue weighted by atomic mass is 9.77. The van der Waals surface area contributed by atoms with E-state index in [9.17, 15) is 31.9 Å². The quantitative estimate of drug-likeness (QED) is 0.812. The number of phenols is 1. The van der Waals surface area contributed by atoms with Crippen molar-refractivity contribution in [1.29, 1.82) is 0 Å². The fraction of sp³-hybridized carbons (Fsp3) is 0.500. The smallest absolute Gasteiger partial charge is 0.417 e. The van der Waals surface area contributed by atoms with Gasteiger partial charge in [0, 0.05) is 17.4 Å². The van der Waals surface area contributed by atoms with Gasteiger partial charge in [-0.05, 0) is 13.0 Å². The van der Waals surface area contributed by atoms with Crippen LogP contribution in [0.25, 0.3) is 0 Å². The molecule has 2 N–H and O–H groups in total. The van der Waals surface area contributed by atoms with Gasteiger partial charge in [-0.2, -0.15) is 17.6 Å². The van der Waals surface area contributed by atoms with Gasteiger partial charge in [0.2, 0.25) is 5.82 Å². The lowest BCUT2D eigenvalue weighted by Gasteiger charge is -2.31. The second-order valence-electron chi connectivity index (χ2n) is 5.60. The Labute approximate surface area is 127 Å². The summed E-state index contributed by atoms with van der Waals surface area (Å²) in [6.07, 6.45) is -6.85. The van der Waals surface area contributed by atoms with Gasteiger partial charge >= 0.3 is 12.1 Å². The Morgan fingerprint density at radius 2 is 1.87 bits per heavy atom. The van der Waals surface area contributed by atoms with E-state index in [0.717, 1.165) is 13.0 Å². The van der Waals surface area contributed by atoms with E-state index in [0.29, 0.717) is 13.0 Å². The monoisotopic (exact) mass is 340 g/mol. The summed E-state index contributed by atoms with van der Waals surface area (Å²) >= 11 is 0. The van der Waals surface area contributed by atoms with E-state index < -0.39 is 58.6 Å². The normalized spacial score (nSPS) is 31.3. The van der Waals surface area contributed by atoms with E-state index in [1.807, 2.05) is 0 Å². The minimum atomic E-state index is -4.89. The molecule has 1 aliphatic rings. The Morgan fingerprint density at radius 3 is 2.35 bits per heavy atom. The van der Waals surface area contributed by atoms with Gasteiger partial charge in [-0.1, -0.05) is 13.0 Å². The maximum atomic E-state index is 13.5. The molecule has 0 bridgehead atoms. The summed E-state index contributed by atoms with van der Waals surface area (Å²) in [4.78, 5) is 11.3. The van der Waals surface area contributed by atoms with Gasteiger partial charge < -0.3 is 14.9 Å². The van der Waals surface area contributed by atoms with Crippen LogP contribution in [0.1, 0.15) is 25.3 Å². The molecule has 1 heterocycles. The van der Waals surface area contributed by atoms with E-state index in [1.54, 1.807) is 0 Å². The number of halogens is 5. The van der Waals surface area contributed by atoms with Crippen LogP contribution in [0.3, 0.4) is 0 Å². The third kappa shape index (κ3) is 2.52. The van der Waals surface area contributed by atoms with Gasteiger partial charge in [-0.15, -0.1) is 0 Å². The molecule has 0 radical (unpaired) electrons. The van der Waals surface area contributed by atoms with Gasteiger partial charge in [0.25, 0.3) is 0 Å². The average molecular weight is 340 g/mol. The van der Waals surface area contributed by atoms with Crippen molar-refractivity contribution in [3.63, 3.8) is 0 Å². The minimum Gasteiger partial charge on any atom is -0.505 e. The first kappa shape index (κ1) is 17.5. The van der Waals surface area contributed by atoms with Gasteiger partial charge in [0.15, 0.2) is 23.3 Å². The number of aromatic hydroxyl groups is 1. The predicted molar refractivity (Wildman–Crippen MR) is 66.9 cm³/mol. The average Bonchev–Trinajstić information content (AvgIpc) is 2.71. The molecule has 0 aliphatic carbocycles. The summed E-state index contributed by atoms with van der Waals surface area (Å²) < 4.78 is 71.0. The zero-order chi connectivity index (χ0) is 17.7. The predicted octanol–water partition coefficient (Wildman–Crippen LogP) is 3.19. The van der Waals surface area contributed by atoms with Crippen molar-refractivity contribution in [3.05, 3.63) is 29.3 Å². The largest absolute Gasteiger partial charge is 0.505 e. The molecule has 4 atom stereocenters. The number of benzene rings is 1. The lowest BCUT2D eigenvalue weighted by Crippen LogP contribution is -2.47. The first-order valence-electron chi connectivity index (χ1n) is 6.56. The zero-order valence-electron chi connectivity index (χ0n) is 12.0. The van der Waals surface area contributed by atoms with E-state index in [4.69, 9.17) is 9.84 Å². The number of ether oxygens (including phenoxy) is 1. The molecule has 0 unspecified atom stereocenters. The SMILES string of the molecule is C[C@H]1[C@@H](c2ccc(F)c(F)c2O)[C@H](C(=O)O)O[C@@]1(C)C(F)(F)F. The molecule has 0 saturated carbocycles. The Bertz CT molecular complexity index is 645. The Morgan fingerprint density at radius 1 is 1.30 bits per heavy atom. The summed E-state index contributed by atoms with van der Waals surface area (Å²) in [6, 6.07) is 1.47. The third-order valence-corrected chi connectivity index (χ3v) is 4.37. The first-order chi connectivity index (χ1) is 10.4. The van der Waals surface area contributed by atoms with Crippen LogP contribution in [0.2, 0.25) is 0 Å². The first-order valence-corrected chi connectivity index (χ1v) is 6.56. The van der Waals surface area contributed by atoms with Gasteiger partial charge in [0.1, 0.15) is 0 Å². The molecule has 0 spiro atoms. The van der Waals surface area contributed by atoms with Crippen LogP contribution in [0, 0.1) is 17.6 Å². The molecular formula is C14H13F5O4. The molecule has 1 fully saturated rings. The zero-order valence-corrected chi connectivity index (χ0v) is 12.0. The van der Waals surface area contributed by atoms with Crippen molar-refractivity contribution in [3.8, 4) is 5.75 Å². The standard InChI is InChI=1S/C14H13F5O4/c1-5-8(6-3-4-7(15)9(16)10(6)20)11(12(21)22)23-13(5,2)14(17,18)19/h3-5,8,11,20H,1-2H3,(H,21,22)/t5-,8-,11+,13+/m0/s1. The number of carboxylic acids is 1. The third-order valence-electron chi connectivity index (χ3n) is 4.37. The Kier molecular flexibility index (Phi) is 4.04. The van der Waals surface area contributed by atoms with Crippen molar-refractivity contribution in [1.82, 2.24) is 0 Å². The van der Waals surface area contributed by atoms with E-state index in [-0.39, 0.29) is 0 Å². The summed E-state index contributed by atoms with van der Waals surface area (Å²) in [7, 11) is 0. The van der Waals surface area contributed by atoms with E-state index in [2.05, 4.69) is 0 Å². The molecule has 1 aliphatic heterocycles. The summed E-state index contributed by atoms with van der Waals surface area (Å²) in [6.45, 7) is 1.77. The highest BCUT2D eigenvalue weighted by Crippen LogP contribution is 2.54. The number of hydrogen-bond donors (Lipinski definition) is 2. The van der Waals surface area contributed by atoms with Crippen molar-refractivity contribution in [2.75, 3.05) is 0 Å². The maximum absolute atomic E-state index is 13.5. The number of alkyl halides is 3. The minimum absolute atomic E-state index is 0.447. The number of carboxylic acid groups (broad SMARTS) is 1. The second-order valence-corrected chi connectivity index (χ2v) is 5.60. The van der Waals surface area contributed by atoms with Crippen LogP contribution in [0.4, 0.5) is 22.0 Å². The highest BCUT2D eigenvalue weighted by Gasteiger charge is 2.66. The molecule has 1 aromatic carbocycles.